The highest BCUT2D eigenvalue weighted by Crippen LogP contribution is 2.13. The van der Waals surface area contributed by atoms with E-state index >= 15 is 0 Å². The fourth-order valence-electron chi connectivity index (χ4n) is 2.80. The van der Waals surface area contributed by atoms with Crippen molar-refractivity contribution >= 4 is 15.9 Å². The highest BCUT2D eigenvalue weighted by molar-refractivity contribution is 7.89. The highest BCUT2D eigenvalue weighted by atomic mass is 32.2. The average molecular weight is 401 g/mol. The van der Waals surface area contributed by atoms with Crippen LogP contribution in [-0.4, -0.2) is 71.9 Å². The van der Waals surface area contributed by atoms with Gasteiger partial charge in [-0.15, -0.1) is 0 Å². The number of nitrogens with zero attached hydrogens (tertiary/aromatic N) is 4. The zero-order valence-corrected chi connectivity index (χ0v) is 17.0. The van der Waals surface area contributed by atoms with Crippen LogP contribution in [0, 0.1) is 5.92 Å². The molecule has 0 aliphatic carbocycles. The van der Waals surface area contributed by atoms with Gasteiger partial charge in [0, 0.05) is 53.0 Å². The third-order valence-corrected chi connectivity index (χ3v) is 6.32. The number of sulfonamides is 1. The number of amides is 1. The zero-order chi connectivity index (χ0) is 20.4. The second-order valence-electron chi connectivity index (χ2n) is 7.13. The molecule has 0 saturated carbocycles. The Morgan fingerprint density at radius 1 is 1.15 bits per heavy atom. The molecule has 0 spiro atoms. The van der Waals surface area contributed by atoms with Crippen LogP contribution in [0.5, 0.6) is 0 Å². The van der Waals surface area contributed by atoms with Crippen molar-refractivity contribution < 1.29 is 13.2 Å². The van der Waals surface area contributed by atoms with E-state index in [2.05, 4.69) is 5.32 Å². The summed E-state index contributed by atoms with van der Waals surface area (Å²) >= 11 is 0. The molecular formula is C16H27N5O5S. The van der Waals surface area contributed by atoms with Crippen LogP contribution in [-0.2, 0) is 28.9 Å². The van der Waals surface area contributed by atoms with Gasteiger partial charge in [0.2, 0.25) is 15.9 Å². The molecule has 0 bridgehead atoms. The zero-order valence-electron chi connectivity index (χ0n) is 16.1. The van der Waals surface area contributed by atoms with Gasteiger partial charge in [-0.1, -0.05) is 13.8 Å². The molecule has 1 aromatic rings. The lowest BCUT2D eigenvalue weighted by Crippen LogP contribution is -2.52. The number of carbonyl (C=O) groups is 1. The van der Waals surface area contributed by atoms with Crippen LogP contribution in [0.3, 0.4) is 0 Å². The first-order valence-electron chi connectivity index (χ1n) is 8.80. The standard InChI is InChI=1S/C16H27N5O5S/c1-12(2)9-17-14(22)11-20-5-7-21(8-6-20)27(25,26)13-10-18(3)16(24)19(4)15(13)23/h10,12H,5-9,11H2,1-4H3,(H,17,22). The summed E-state index contributed by atoms with van der Waals surface area (Å²) in [5.41, 5.74) is -1.43. The topological polar surface area (TPSA) is 114 Å². The maximum atomic E-state index is 12.8. The van der Waals surface area contributed by atoms with Crippen molar-refractivity contribution in [1.82, 2.24) is 23.7 Å². The molecule has 0 unspecified atom stereocenters. The Kier molecular flexibility index (Phi) is 6.60. The molecule has 0 radical (unpaired) electrons. The summed E-state index contributed by atoms with van der Waals surface area (Å²) in [7, 11) is -1.37. The van der Waals surface area contributed by atoms with Gasteiger partial charge in [0.15, 0.2) is 4.90 Å². The van der Waals surface area contributed by atoms with Gasteiger partial charge < -0.3 is 9.88 Å². The van der Waals surface area contributed by atoms with Crippen LogP contribution in [0.1, 0.15) is 13.8 Å². The van der Waals surface area contributed by atoms with Crippen molar-refractivity contribution in [3.8, 4) is 0 Å². The number of nitrogens with one attached hydrogen (secondary N) is 1. The molecule has 1 aromatic heterocycles. The lowest BCUT2D eigenvalue weighted by molar-refractivity contribution is -0.122. The van der Waals surface area contributed by atoms with Gasteiger partial charge in [-0.05, 0) is 5.92 Å². The highest BCUT2D eigenvalue weighted by Gasteiger charge is 2.32. The van der Waals surface area contributed by atoms with E-state index in [0.29, 0.717) is 25.6 Å². The van der Waals surface area contributed by atoms with E-state index in [4.69, 9.17) is 0 Å². The summed E-state index contributed by atoms with van der Waals surface area (Å²) in [6.45, 7) is 5.95. The first-order valence-corrected chi connectivity index (χ1v) is 10.2. The first kappa shape index (κ1) is 21.3. The van der Waals surface area contributed by atoms with Gasteiger partial charge in [0.1, 0.15) is 0 Å². The van der Waals surface area contributed by atoms with Crippen LogP contribution < -0.4 is 16.6 Å². The van der Waals surface area contributed by atoms with E-state index in [-0.39, 0.29) is 25.5 Å². The predicted molar refractivity (Wildman–Crippen MR) is 100.0 cm³/mol. The Balaban J connectivity index is 2.06. The van der Waals surface area contributed by atoms with E-state index in [9.17, 15) is 22.8 Å². The van der Waals surface area contributed by atoms with Crippen LogP contribution in [0.15, 0.2) is 20.7 Å². The van der Waals surface area contributed by atoms with E-state index in [1.165, 1.54) is 18.4 Å². The van der Waals surface area contributed by atoms with Crippen molar-refractivity contribution in [3.63, 3.8) is 0 Å². The molecule has 0 atom stereocenters. The molecule has 27 heavy (non-hydrogen) atoms. The molecule has 2 rings (SSSR count). The lowest BCUT2D eigenvalue weighted by atomic mass is 10.2. The van der Waals surface area contributed by atoms with E-state index in [0.717, 1.165) is 15.3 Å². The molecule has 0 aromatic carbocycles. The molecule has 1 amide bonds. The molecule has 11 heteroatoms. The second kappa shape index (κ2) is 8.36. The smallest absolute Gasteiger partial charge is 0.330 e. The summed E-state index contributed by atoms with van der Waals surface area (Å²) in [6.07, 6.45) is 1.06. The average Bonchev–Trinajstić information content (AvgIpc) is 2.61. The molecule has 1 aliphatic heterocycles. The molecule has 1 N–H and O–H groups in total. The number of hydrogen-bond acceptors (Lipinski definition) is 6. The molecule has 152 valence electrons. The molecule has 2 heterocycles. The number of aromatic nitrogens is 2. The summed E-state index contributed by atoms with van der Waals surface area (Å²) in [4.78, 5) is 37.4. The summed E-state index contributed by atoms with van der Waals surface area (Å²) < 4.78 is 28.7. The maximum absolute atomic E-state index is 12.8. The molecular weight excluding hydrogens is 374 g/mol. The van der Waals surface area contributed by atoms with E-state index in [1.54, 1.807) is 0 Å². The lowest BCUT2D eigenvalue weighted by Gasteiger charge is -2.33. The third-order valence-electron chi connectivity index (χ3n) is 4.44. The van der Waals surface area contributed by atoms with Crippen LogP contribution in [0.4, 0.5) is 0 Å². The molecule has 10 nitrogen and oxygen atoms in total. The van der Waals surface area contributed by atoms with E-state index < -0.39 is 26.2 Å². The van der Waals surface area contributed by atoms with Gasteiger partial charge in [-0.25, -0.2) is 13.2 Å². The minimum atomic E-state index is -4.01. The number of piperazine rings is 1. The third kappa shape index (κ3) is 4.85. The fraction of sp³-hybridized carbons (Fsp3) is 0.688. The largest absolute Gasteiger partial charge is 0.355 e. The quantitative estimate of drug-likeness (QED) is 0.599. The minimum Gasteiger partial charge on any atom is -0.355 e. The second-order valence-corrected chi connectivity index (χ2v) is 9.04. The Morgan fingerprint density at radius 2 is 1.74 bits per heavy atom. The molecule has 1 aliphatic rings. The SMILES string of the molecule is CC(C)CNC(=O)CN1CCN(S(=O)(=O)c2cn(C)c(=O)n(C)c2=O)CC1. The van der Waals surface area contributed by atoms with Crippen LogP contribution in [0.2, 0.25) is 0 Å². The van der Waals surface area contributed by atoms with Gasteiger partial charge in [-0.2, -0.15) is 4.31 Å². The number of hydrogen-bond donors (Lipinski definition) is 1. The molecule has 1 fully saturated rings. The Morgan fingerprint density at radius 3 is 2.30 bits per heavy atom. The maximum Gasteiger partial charge on any atom is 0.330 e. The molecule has 1 saturated heterocycles. The minimum absolute atomic E-state index is 0.0908. The number of carbonyl (C=O) groups excluding carboxylic acids is 1. The summed E-state index contributed by atoms with van der Waals surface area (Å²) in [5, 5.41) is 2.83. The predicted octanol–water partition coefficient (Wildman–Crippen LogP) is -1.84. The summed E-state index contributed by atoms with van der Waals surface area (Å²) in [6, 6.07) is 0. The normalized spacial score (nSPS) is 16.6. The van der Waals surface area contributed by atoms with Crippen molar-refractivity contribution in [2.24, 2.45) is 20.0 Å². The van der Waals surface area contributed by atoms with Crippen molar-refractivity contribution in [3.05, 3.63) is 27.0 Å². The van der Waals surface area contributed by atoms with E-state index in [1.807, 2.05) is 18.7 Å². The summed E-state index contributed by atoms with van der Waals surface area (Å²) in [5.74, 6) is 0.271. The van der Waals surface area contributed by atoms with Crippen LogP contribution >= 0.6 is 0 Å². The first-order chi connectivity index (χ1) is 12.5. The van der Waals surface area contributed by atoms with Crippen molar-refractivity contribution in [2.75, 3.05) is 39.3 Å². The Bertz CT molecular complexity index is 910. The van der Waals surface area contributed by atoms with Gasteiger partial charge in [0.05, 0.1) is 6.54 Å². The number of aryl methyl sites for hydroxylation is 1. The van der Waals surface area contributed by atoms with Crippen molar-refractivity contribution in [1.29, 1.82) is 0 Å². The van der Waals surface area contributed by atoms with Gasteiger partial charge >= 0.3 is 5.69 Å². The Hall–Kier alpha value is -1.98. The monoisotopic (exact) mass is 401 g/mol. The van der Waals surface area contributed by atoms with Gasteiger partial charge in [0.25, 0.3) is 5.56 Å². The van der Waals surface area contributed by atoms with Crippen LogP contribution in [0.25, 0.3) is 0 Å². The number of rotatable bonds is 6. The Labute approximate surface area is 158 Å². The fourth-order valence-corrected chi connectivity index (χ4v) is 4.37. The van der Waals surface area contributed by atoms with Gasteiger partial charge in [-0.3, -0.25) is 19.1 Å². The van der Waals surface area contributed by atoms with Crippen molar-refractivity contribution in [2.45, 2.75) is 18.7 Å².